The molecule has 1 unspecified atom stereocenters. The Labute approximate surface area is 122 Å². The van der Waals surface area contributed by atoms with Crippen LogP contribution in [0.2, 0.25) is 0 Å². The zero-order valence-electron chi connectivity index (χ0n) is 12.8. The monoisotopic (exact) mass is 277 g/mol. The third-order valence-corrected chi connectivity index (χ3v) is 3.94. The van der Waals surface area contributed by atoms with E-state index in [-0.39, 0.29) is 0 Å². The maximum atomic E-state index is 5.61. The Hall–Kier alpha value is -1.06. The fourth-order valence-electron chi connectivity index (χ4n) is 2.78. The van der Waals surface area contributed by atoms with Crippen molar-refractivity contribution in [1.82, 2.24) is 5.32 Å². The van der Waals surface area contributed by atoms with Crippen LogP contribution in [0.4, 0.5) is 0 Å². The molecule has 2 rings (SSSR count). The Morgan fingerprint density at radius 1 is 1.30 bits per heavy atom. The van der Waals surface area contributed by atoms with Gasteiger partial charge in [-0.15, -0.1) is 0 Å². The van der Waals surface area contributed by atoms with E-state index in [1.165, 1.54) is 30.4 Å². The lowest BCUT2D eigenvalue weighted by atomic mass is 9.87. The zero-order chi connectivity index (χ0) is 14.2. The molecule has 1 atom stereocenters. The molecule has 0 fully saturated rings. The lowest BCUT2D eigenvalue weighted by molar-refractivity contribution is 0.130. The highest BCUT2D eigenvalue weighted by Crippen LogP contribution is 2.31. The van der Waals surface area contributed by atoms with Gasteiger partial charge in [-0.3, -0.25) is 0 Å². The second kappa shape index (κ2) is 8.28. The van der Waals surface area contributed by atoms with Crippen LogP contribution in [0, 0.1) is 0 Å². The van der Waals surface area contributed by atoms with Gasteiger partial charge in [0.2, 0.25) is 0 Å². The first kappa shape index (κ1) is 15.3. The Balaban J connectivity index is 1.82. The molecular weight excluding hydrogens is 250 g/mol. The minimum atomic E-state index is 0.472. The van der Waals surface area contributed by atoms with Gasteiger partial charge in [0.1, 0.15) is 5.75 Å². The molecule has 0 saturated carbocycles. The van der Waals surface area contributed by atoms with Crippen LogP contribution in [0.15, 0.2) is 18.2 Å². The number of unbranched alkanes of at least 4 members (excludes halogenated alkanes) is 1. The van der Waals surface area contributed by atoms with Gasteiger partial charge in [-0.2, -0.15) is 0 Å². The minimum Gasteiger partial charge on any atom is -0.497 e. The topological polar surface area (TPSA) is 30.5 Å². The molecular formula is C17H27NO2. The SMILES string of the molecule is CCCCOCCNC1CCCc2cc(OC)ccc21. The molecule has 1 aliphatic rings. The van der Waals surface area contributed by atoms with Gasteiger partial charge < -0.3 is 14.8 Å². The summed E-state index contributed by atoms with van der Waals surface area (Å²) in [7, 11) is 1.73. The molecule has 3 nitrogen and oxygen atoms in total. The zero-order valence-corrected chi connectivity index (χ0v) is 12.8. The van der Waals surface area contributed by atoms with E-state index in [0.717, 1.165) is 38.3 Å². The molecule has 0 amide bonds. The highest BCUT2D eigenvalue weighted by atomic mass is 16.5. The first-order valence-electron chi connectivity index (χ1n) is 7.83. The average molecular weight is 277 g/mol. The van der Waals surface area contributed by atoms with Crippen LogP contribution in [0.3, 0.4) is 0 Å². The molecule has 0 spiro atoms. The summed E-state index contributed by atoms with van der Waals surface area (Å²) in [5, 5.41) is 3.63. The maximum Gasteiger partial charge on any atom is 0.119 e. The smallest absolute Gasteiger partial charge is 0.119 e. The number of ether oxygens (including phenoxy) is 2. The summed E-state index contributed by atoms with van der Waals surface area (Å²) in [6.07, 6.45) is 5.98. The maximum absolute atomic E-state index is 5.61. The average Bonchev–Trinajstić information content (AvgIpc) is 2.50. The van der Waals surface area contributed by atoms with Crippen molar-refractivity contribution >= 4 is 0 Å². The molecule has 0 bridgehead atoms. The first-order chi connectivity index (χ1) is 9.85. The number of hydrogen-bond acceptors (Lipinski definition) is 3. The Morgan fingerprint density at radius 2 is 2.20 bits per heavy atom. The van der Waals surface area contributed by atoms with Crippen molar-refractivity contribution in [2.75, 3.05) is 26.9 Å². The third-order valence-electron chi connectivity index (χ3n) is 3.94. The van der Waals surface area contributed by atoms with Crippen molar-refractivity contribution in [3.8, 4) is 5.75 Å². The molecule has 0 radical (unpaired) electrons. The second-order valence-corrected chi connectivity index (χ2v) is 5.43. The van der Waals surface area contributed by atoms with E-state index < -0.39 is 0 Å². The van der Waals surface area contributed by atoms with Crippen molar-refractivity contribution in [2.24, 2.45) is 0 Å². The van der Waals surface area contributed by atoms with Crippen LogP contribution in [0.1, 0.15) is 49.8 Å². The van der Waals surface area contributed by atoms with E-state index >= 15 is 0 Å². The molecule has 20 heavy (non-hydrogen) atoms. The highest BCUT2D eigenvalue weighted by Gasteiger charge is 2.19. The predicted octanol–water partition coefficient (Wildman–Crippen LogP) is 3.48. The van der Waals surface area contributed by atoms with Gasteiger partial charge in [0, 0.05) is 19.2 Å². The highest BCUT2D eigenvalue weighted by molar-refractivity contribution is 5.39. The van der Waals surface area contributed by atoms with Crippen molar-refractivity contribution < 1.29 is 9.47 Å². The van der Waals surface area contributed by atoms with Gasteiger partial charge in [-0.25, -0.2) is 0 Å². The van der Waals surface area contributed by atoms with E-state index in [0.29, 0.717) is 6.04 Å². The molecule has 0 heterocycles. The molecule has 0 saturated heterocycles. The molecule has 0 aliphatic heterocycles. The van der Waals surface area contributed by atoms with E-state index in [9.17, 15) is 0 Å². The number of hydrogen-bond donors (Lipinski definition) is 1. The number of benzene rings is 1. The molecule has 1 aliphatic carbocycles. The number of nitrogens with one attached hydrogen (secondary N) is 1. The number of methoxy groups -OCH3 is 1. The van der Waals surface area contributed by atoms with Crippen LogP contribution < -0.4 is 10.1 Å². The summed E-state index contributed by atoms with van der Waals surface area (Å²) in [6, 6.07) is 6.93. The van der Waals surface area contributed by atoms with Crippen LogP contribution in [-0.2, 0) is 11.2 Å². The second-order valence-electron chi connectivity index (χ2n) is 5.43. The van der Waals surface area contributed by atoms with Crippen molar-refractivity contribution in [2.45, 2.75) is 45.1 Å². The van der Waals surface area contributed by atoms with Gasteiger partial charge in [0.15, 0.2) is 0 Å². The number of fused-ring (bicyclic) bond motifs is 1. The molecule has 1 N–H and O–H groups in total. The Morgan fingerprint density at radius 3 is 3.00 bits per heavy atom. The van der Waals surface area contributed by atoms with E-state index in [1.807, 2.05) is 0 Å². The van der Waals surface area contributed by atoms with Gasteiger partial charge >= 0.3 is 0 Å². The molecule has 0 aromatic heterocycles. The Bertz CT molecular complexity index is 406. The quantitative estimate of drug-likeness (QED) is 0.738. The van der Waals surface area contributed by atoms with Crippen molar-refractivity contribution in [3.05, 3.63) is 29.3 Å². The van der Waals surface area contributed by atoms with Crippen molar-refractivity contribution in [3.63, 3.8) is 0 Å². The first-order valence-corrected chi connectivity index (χ1v) is 7.83. The summed E-state index contributed by atoms with van der Waals surface area (Å²) >= 11 is 0. The largest absolute Gasteiger partial charge is 0.497 e. The minimum absolute atomic E-state index is 0.472. The van der Waals surface area contributed by atoms with Gasteiger partial charge in [-0.1, -0.05) is 19.4 Å². The third kappa shape index (κ3) is 4.22. The molecule has 3 heteroatoms. The van der Waals surface area contributed by atoms with Gasteiger partial charge in [-0.05, 0) is 48.9 Å². The van der Waals surface area contributed by atoms with Crippen molar-refractivity contribution in [1.29, 1.82) is 0 Å². The summed E-state index contributed by atoms with van der Waals surface area (Å²) in [4.78, 5) is 0. The summed E-state index contributed by atoms with van der Waals surface area (Å²) < 4.78 is 10.9. The van der Waals surface area contributed by atoms with E-state index in [2.05, 4.69) is 30.4 Å². The molecule has 112 valence electrons. The predicted molar refractivity (Wildman–Crippen MR) is 82.4 cm³/mol. The molecule has 1 aromatic carbocycles. The van der Waals surface area contributed by atoms with Crippen LogP contribution in [0.25, 0.3) is 0 Å². The fourth-order valence-corrected chi connectivity index (χ4v) is 2.78. The lowest BCUT2D eigenvalue weighted by Gasteiger charge is -2.27. The summed E-state index contributed by atoms with van der Waals surface area (Å²) in [5.41, 5.74) is 2.87. The number of rotatable bonds is 8. The lowest BCUT2D eigenvalue weighted by Crippen LogP contribution is -2.28. The number of aryl methyl sites for hydroxylation is 1. The van der Waals surface area contributed by atoms with Gasteiger partial charge in [0.25, 0.3) is 0 Å². The molecule has 1 aromatic rings. The Kier molecular flexibility index (Phi) is 6.34. The van der Waals surface area contributed by atoms with Crippen LogP contribution >= 0.6 is 0 Å². The normalized spacial score (nSPS) is 17.8. The van der Waals surface area contributed by atoms with E-state index in [1.54, 1.807) is 7.11 Å². The van der Waals surface area contributed by atoms with Gasteiger partial charge in [0.05, 0.1) is 13.7 Å². The summed E-state index contributed by atoms with van der Waals surface area (Å²) in [5.74, 6) is 0.965. The van der Waals surface area contributed by atoms with Crippen LogP contribution in [-0.4, -0.2) is 26.9 Å². The standard InChI is InChI=1S/C17H27NO2/c1-3-4-11-20-12-10-18-17-7-5-6-14-13-15(19-2)8-9-16(14)17/h8-9,13,17-18H,3-7,10-12H2,1-2H3. The summed E-state index contributed by atoms with van der Waals surface area (Å²) in [6.45, 7) is 4.81. The van der Waals surface area contributed by atoms with Crippen LogP contribution in [0.5, 0.6) is 5.75 Å². The fraction of sp³-hybridized carbons (Fsp3) is 0.647. The van der Waals surface area contributed by atoms with E-state index in [4.69, 9.17) is 9.47 Å².